The molecule has 7 nitrogen and oxygen atoms in total. The van der Waals surface area contributed by atoms with Gasteiger partial charge in [0.25, 0.3) is 0 Å². The summed E-state index contributed by atoms with van der Waals surface area (Å²) in [4.78, 5) is 14.8. The molecule has 1 aliphatic heterocycles. The molecule has 1 N–H and O–H groups in total. The number of amides is 1. The highest BCUT2D eigenvalue weighted by atomic mass is 16.2. The number of carbonyl (C=O) groups excluding carboxylic acids is 1. The minimum atomic E-state index is -0.0447. The fraction of sp³-hybridized carbons (Fsp3) is 0.467. The molecule has 1 aliphatic rings. The van der Waals surface area contributed by atoms with Gasteiger partial charge in [0, 0.05) is 11.7 Å². The van der Waals surface area contributed by atoms with Crippen LogP contribution in [-0.4, -0.2) is 49.6 Å². The summed E-state index contributed by atoms with van der Waals surface area (Å²) in [5, 5.41) is 14.1. The third kappa shape index (κ3) is 2.99. The van der Waals surface area contributed by atoms with Crippen molar-refractivity contribution >= 4 is 11.6 Å². The topological polar surface area (TPSA) is 75.9 Å². The second-order valence-corrected chi connectivity index (χ2v) is 5.78. The lowest BCUT2D eigenvalue weighted by Crippen LogP contribution is -2.43. The molecule has 1 atom stereocenters. The number of hydrogen-bond donors (Lipinski definition) is 1. The Hall–Kier alpha value is -2.28. The lowest BCUT2D eigenvalue weighted by molar-refractivity contribution is -0.120. The normalized spacial score (nSPS) is 18.8. The molecule has 22 heavy (non-hydrogen) atoms. The predicted molar refractivity (Wildman–Crippen MR) is 82.6 cm³/mol. The van der Waals surface area contributed by atoms with Crippen LogP contribution in [0.2, 0.25) is 0 Å². The summed E-state index contributed by atoms with van der Waals surface area (Å²) >= 11 is 0. The molecule has 1 amide bonds. The van der Waals surface area contributed by atoms with E-state index in [0.717, 1.165) is 30.8 Å². The molecule has 2 heterocycles. The molecule has 116 valence electrons. The number of tetrazole rings is 1. The number of aromatic nitrogens is 4. The third-order valence-electron chi connectivity index (χ3n) is 3.99. The van der Waals surface area contributed by atoms with E-state index < -0.39 is 0 Å². The van der Waals surface area contributed by atoms with Crippen molar-refractivity contribution in [3.8, 4) is 5.69 Å². The summed E-state index contributed by atoms with van der Waals surface area (Å²) in [6.45, 7) is 5.24. The Bertz CT molecular complexity index is 639. The molecule has 3 rings (SSSR count). The van der Waals surface area contributed by atoms with E-state index >= 15 is 0 Å². The van der Waals surface area contributed by atoms with Crippen molar-refractivity contribution < 1.29 is 4.79 Å². The Balaban J connectivity index is 1.73. The van der Waals surface area contributed by atoms with Gasteiger partial charge in [-0.25, -0.2) is 4.68 Å². The van der Waals surface area contributed by atoms with Gasteiger partial charge in [0.1, 0.15) is 6.33 Å². The number of carbonyl (C=O) groups is 1. The summed E-state index contributed by atoms with van der Waals surface area (Å²) in [7, 11) is 0. The molecule has 0 aliphatic carbocycles. The summed E-state index contributed by atoms with van der Waals surface area (Å²) in [6, 6.07) is 7.84. The van der Waals surface area contributed by atoms with Crippen LogP contribution in [0, 0.1) is 0 Å². The first-order valence-electron chi connectivity index (χ1n) is 7.55. The first kappa shape index (κ1) is 14.6. The van der Waals surface area contributed by atoms with Crippen molar-refractivity contribution in [2.45, 2.75) is 38.8 Å². The van der Waals surface area contributed by atoms with E-state index in [-0.39, 0.29) is 11.9 Å². The Morgan fingerprint density at radius 1 is 1.41 bits per heavy atom. The molecule has 1 saturated heterocycles. The largest absolute Gasteiger partial charge is 0.325 e. The summed E-state index contributed by atoms with van der Waals surface area (Å²) in [5.41, 5.74) is 1.57. The minimum Gasteiger partial charge on any atom is -0.325 e. The standard InChI is InChI=1S/C15H20N6O/c1-11(2)20-8-4-7-14(20)15(22)17-12-5-3-6-13(9-12)21-10-16-18-19-21/h3,5-6,9-11,14H,4,7-8H2,1-2H3,(H,17,22)/t14-/m1/s1. The van der Waals surface area contributed by atoms with E-state index in [1.165, 1.54) is 6.33 Å². The molecular weight excluding hydrogens is 280 g/mol. The Labute approximate surface area is 129 Å². The number of anilines is 1. The average Bonchev–Trinajstić information content (AvgIpc) is 3.19. The highest BCUT2D eigenvalue weighted by Gasteiger charge is 2.32. The number of likely N-dealkylation sites (tertiary alicyclic amines) is 1. The van der Waals surface area contributed by atoms with Crippen LogP contribution in [0.5, 0.6) is 0 Å². The van der Waals surface area contributed by atoms with Crippen molar-refractivity contribution in [1.29, 1.82) is 0 Å². The van der Waals surface area contributed by atoms with E-state index in [1.807, 2.05) is 24.3 Å². The van der Waals surface area contributed by atoms with E-state index in [0.29, 0.717) is 6.04 Å². The van der Waals surface area contributed by atoms with Gasteiger partial charge in [-0.15, -0.1) is 5.10 Å². The molecule has 0 bridgehead atoms. The van der Waals surface area contributed by atoms with Gasteiger partial charge in [-0.3, -0.25) is 9.69 Å². The van der Waals surface area contributed by atoms with Crippen LogP contribution in [0.25, 0.3) is 5.69 Å². The van der Waals surface area contributed by atoms with Gasteiger partial charge < -0.3 is 5.32 Å². The van der Waals surface area contributed by atoms with Gasteiger partial charge in [-0.1, -0.05) is 6.07 Å². The fourth-order valence-corrected chi connectivity index (χ4v) is 2.92. The zero-order valence-electron chi connectivity index (χ0n) is 12.8. The minimum absolute atomic E-state index is 0.0447. The van der Waals surface area contributed by atoms with E-state index in [2.05, 4.69) is 39.6 Å². The Kier molecular flexibility index (Phi) is 4.15. The van der Waals surface area contributed by atoms with Crippen LogP contribution in [0.15, 0.2) is 30.6 Å². The van der Waals surface area contributed by atoms with Gasteiger partial charge in [-0.2, -0.15) is 0 Å². The van der Waals surface area contributed by atoms with Crippen LogP contribution < -0.4 is 5.32 Å². The molecular formula is C15H20N6O. The molecule has 0 unspecified atom stereocenters. The van der Waals surface area contributed by atoms with Crippen LogP contribution in [0.1, 0.15) is 26.7 Å². The zero-order chi connectivity index (χ0) is 15.5. The average molecular weight is 300 g/mol. The third-order valence-corrected chi connectivity index (χ3v) is 3.99. The summed E-state index contributed by atoms with van der Waals surface area (Å²) in [5.74, 6) is 0.0556. The van der Waals surface area contributed by atoms with Gasteiger partial charge >= 0.3 is 0 Å². The van der Waals surface area contributed by atoms with Crippen molar-refractivity contribution in [3.63, 3.8) is 0 Å². The van der Waals surface area contributed by atoms with Crippen molar-refractivity contribution in [2.75, 3.05) is 11.9 Å². The van der Waals surface area contributed by atoms with E-state index in [4.69, 9.17) is 0 Å². The maximum absolute atomic E-state index is 12.5. The van der Waals surface area contributed by atoms with E-state index in [1.54, 1.807) is 4.68 Å². The quantitative estimate of drug-likeness (QED) is 0.925. The lowest BCUT2D eigenvalue weighted by atomic mass is 10.1. The number of benzene rings is 1. The molecule has 1 fully saturated rings. The maximum atomic E-state index is 12.5. The van der Waals surface area contributed by atoms with Crippen LogP contribution in [0.4, 0.5) is 5.69 Å². The van der Waals surface area contributed by atoms with Gasteiger partial charge in [0.2, 0.25) is 5.91 Å². The highest BCUT2D eigenvalue weighted by Crippen LogP contribution is 2.22. The Morgan fingerprint density at radius 3 is 3.00 bits per heavy atom. The predicted octanol–water partition coefficient (Wildman–Crippen LogP) is 1.47. The summed E-state index contributed by atoms with van der Waals surface area (Å²) < 4.78 is 1.56. The summed E-state index contributed by atoms with van der Waals surface area (Å²) in [6.07, 6.45) is 3.51. The van der Waals surface area contributed by atoms with Crippen LogP contribution >= 0.6 is 0 Å². The first-order valence-corrected chi connectivity index (χ1v) is 7.55. The lowest BCUT2D eigenvalue weighted by Gasteiger charge is -2.27. The zero-order valence-corrected chi connectivity index (χ0v) is 12.8. The SMILES string of the molecule is CC(C)N1CCC[C@@H]1C(=O)Nc1cccc(-n2cnnn2)c1. The maximum Gasteiger partial charge on any atom is 0.241 e. The molecule has 0 radical (unpaired) electrons. The van der Waals surface area contributed by atoms with Gasteiger partial charge in [-0.05, 0) is 61.9 Å². The number of nitrogens with one attached hydrogen (secondary N) is 1. The van der Waals surface area contributed by atoms with Crippen LogP contribution in [-0.2, 0) is 4.79 Å². The molecule has 7 heteroatoms. The van der Waals surface area contributed by atoms with E-state index in [9.17, 15) is 4.79 Å². The highest BCUT2D eigenvalue weighted by molar-refractivity contribution is 5.95. The monoisotopic (exact) mass is 300 g/mol. The molecule has 0 saturated carbocycles. The smallest absolute Gasteiger partial charge is 0.241 e. The number of hydrogen-bond acceptors (Lipinski definition) is 5. The second-order valence-electron chi connectivity index (χ2n) is 5.78. The fourth-order valence-electron chi connectivity index (χ4n) is 2.92. The molecule has 0 spiro atoms. The van der Waals surface area contributed by atoms with Gasteiger partial charge in [0.05, 0.1) is 11.7 Å². The number of nitrogens with zero attached hydrogens (tertiary/aromatic N) is 5. The Morgan fingerprint density at radius 2 is 2.27 bits per heavy atom. The van der Waals surface area contributed by atoms with Crippen molar-refractivity contribution in [2.24, 2.45) is 0 Å². The molecule has 1 aromatic heterocycles. The van der Waals surface area contributed by atoms with Gasteiger partial charge in [0.15, 0.2) is 0 Å². The second kappa shape index (κ2) is 6.23. The van der Waals surface area contributed by atoms with Crippen molar-refractivity contribution in [1.82, 2.24) is 25.1 Å². The van der Waals surface area contributed by atoms with Crippen molar-refractivity contribution in [3.05, 3.63) is 30.6 Å². The van der Waals surface area contributed by atoms with Crippen LogP contribution in [0.3, 0.4) is 0 Å². The molecule has 2 aromatic rings. The molecule has 1 aromatic carbocycles. The first-order chi connectivity index (χ1) is 10.6. The number of rotatable bonds is 4.